The van der Waals surface area contributed by atoms with Gasteiger partial charge in [0.05, 0.1) is 12.4 Å². The van der Waals surface area contributed by atoms with Crippen molar-refractivity contribution in [1.82, 2.24) is 4.98 Å². The molecule has 0 radical (unpaired) electrons. The molecule has 2 aromatic heterocycles. The Bertz CT molecular complexity index is 983. The lowest BCUT2D eigenvalue weighted by molar-refractivity contribution is 0.629. The van der Waals surface area contributed by atoms with Gasteiger partial charge in [0, 0.05) is 28.5 Å². The summed E-state index contributed by atoms with van der Waals surface area (Å²) in [7, 11) is 0. The number of rotatable bonds is 4. The molecule has 23 heavy (non-hydrogen) atoms. The maximum absolute atomic E-state index is 5.96. The molecule has 2 heterocycles. The van der Waals surface area contributed by atoms with Crippen molar-refractivity contribution in [2.75, 3.05) is 12.0 Å². The molecule has 4 aromatic rings. The van der Waals surface area contributed by atoms with Gasteiger partial charge in [0.25, 0.3) is 0 Å². The molecular formula is C18H18N4O. The third kappa shape index (κ3) is 2.46. The molecule has 2 aromatic carbocycles. The average molecular weight is 306 g/mol. The van der Waals surface area contributed by atoms with Gasteiger partial charge >= 0.3 is 0 Å². The van der Waals surface area contributed by atoms with Crippen LogP contribution in [0.5, 0.6) is 0 Å². The van der Waals surface area contributed by atoms with Crippen LogP contribution in [0.25, 0.3) is 33.3 Å². The fourth-order valence-corrected chi connectivity index (χ4v) is 2.85. The van der Waals surface area contributed by atoms with Crippen molar-refractivity contribution >= 4 is 27.6 Å². The largest absolute Gasteiger partial charge is 0.455 e. The van der Waals surface area contributed by atoms with Crippen molar-refractivity contribution in [3.05, 3.63) is 54.1 Å². The summed E-state index contributed by atoms with van der Waals surface area (Å²) in [5.74, 6) is 0.815. The van der Waals surface area contributed by atoms with Crippen LogP contribution in [-0.2, 0) is 6.54 Å². The number of H-pyrrole nitrogens is 1. The standard InChI is InChI=1S/C18H18N4O/c19-9-11-1-3-15-12(5-11)7-16(22-15)18-8-13-6-14(21-10-20)2-4-17(13)23-18/h1-8,21-22H,9-10,19-20H2. The van der Waals surface area contributed by atoms with Gasteiger partial charge in [-0.05, 0) is 48.0 Å². The molecule has 0 aliphatic rings. The highest BCUT2D eigenvalue weighted by molar-refractivity contribution is 5.89. The predicted octanol–water partition coefficient (Wildman–Crippen LogP) is 3.37. The van der Waals surface area contributed by atoms with Gasteiger partial charge in [0.1, 0.15) is 5.58 Å². The summed E-state index contributed by atoms with van der Waals surface area (Å²) in [5, 5.41) is 5.27. The lowest BCUT2D eigenvalue weighted by atomic mass is 10.1. The van der Waals surface area contributed by atoms with E-state index in [4.69, 9.17) is 15.9 Å². The Labute approximate surface area is 133 Å². The molecule has 0 fully saturated rings. The molecular weight excluding hydrogens is 288 g/mol. The maximum atomic E-state index is 5.96. The summed E-state index contributed by atoms with van der Waals surface area (Å²) in [5.41, 5.74) is 16.2. The highest BCUT2D eigenvalue weighted by Gasteiger charge is 2.10. The molecule has 5 nitrogen and oxygen atoms in total. The zero-order valence-electron chi connectivity index (χ0n) is 12.6. The molecule has 0 spiro atoms. The smallest absolute Gasteiger partial charge is 0.151 e. The van der Waals surface area contributed by atoms with E-state index in [0.717, 1.165) is 44.6 Å². The van der Waals surface area contributed by atoms with Gasteiger partial charge in [-0.15, -0.1) is 0 Å². The third-order valence-corrected chi connectivity index (χ3v) is 4.01. The van der Waals surface area contributed by atoms with E-state index in [1.807, 2.05) is 36.4 Å². The monoisotopic (exact) mass is 306 g/mol. The maximum Gasteiger partial charge on any atom is 0.151 e. The van der Waals surface area contributed by atoms with Crippen molar-refractivity contribution in [3.63, 3.8) is 0 Å². The number of nitrogens with one attached hydrogen (secondary N) is 2. The minimum atomic E-state index is 0.404. The quantitative estimate of drug-likeness (QED) is 0.435. The summed E-state index contributed by atoms with van der Waals surface area (Å²) >= 11 is 0. The lowest BCUT2D eigenvalue weighted by Gasteiger charge is -2.00. The van der Waals surface area contributed by atoms with Crippen molar-refractivity contribution in [2.45, 2.75) is 6.54 Å². The van der Waals surface area contributed by atoms with Crippen LogP contribution in [0, 0.1) is 0 Å². The van der Waals surface area contributed by atoms with Crippen LogP contribution in [-0.4, -0.2) is 11.7 Å². The molecule has 4 rings (SSSR count). The highest BCUT2D eigenvalue weighted by Crippen LogP contribution is 2.31. The summed E-state index contributed by atoms with van der Waals surface area (Å²) in [6, 6.07) is 16.2. The molecule has 0 unspecified atom stereocenters. The minimum absolute atomic E-state index is 0.404. The molecule has 0 bridgehead atoms. The Morgan fingerprint density at radius 2 is 1.87 bits per heavy atom. The van der Waals surface area contributed by atoms with Crippen LogP contribution < -0.4 is 16.8 Å². The molecule has 116 valence electrons. The van der Waals surface area contributed by atoms with Gasteiger partial charge in [0.15, 0.2) is 5.76 Å². The SMILES string of the molecule is NCNc1ccc2oc(-c3cc4cc(CN)ccc4[nH]3)cc2c1. The van der Waals surface area contributed by atoms with Crippen LogP contribution >= 0.6 is 0 Å². The van der Waals surface area contributed by atoms with Crippen LogP contribution in [0.4, 0.5) is 5.69 Å². The van der Waals surface area contributed by atoms with Crippen molar-refractivity contribution in [2.24, 2.45) is 11.5 Å². The summed E-state index contributed by atoms with van der Waals surface area (Å²) < 4.78 is 5.96. The predicted molar refractivity (Wildman–Crippen MR) is 94.1 cm³/mol. The van der Waals surface area contributed by atoms with Crippen molar-refractivity contribution < 1.29 is 4.42 Å². The Morgan fingerprint density at radius 3 is 2.70 bits per heavy atom. The topological polar surface area (TPSA) is 93.0 Å². The number of hydrogen-bond acceptors (Lipinski definition) is 4. The van der Waals surface area contributed by atoms with Gasteiger partial charge < -0.3 is 26.2 Å². The van der Waals surface area contributed by atoms with E-state index in [-0.39, 0.29) is 0 Å². The van der Waals surface area contributed by atoms with Gasteiger partial charge in [-0.25, -0.2) is 0 Å². The van der Waals surface area contributed by atoms with Crippen molar-refractivity contribution in [1.29, 1.82) is 0 Å². The van der Waals surface area contributed by atoms with E-state index in [0.29, 0.717) is 13.2 Å². The molecule has 0 saturated carbocycles. The van der Waals surface area contributed by atoms with Crippen LogP contribution in [0.2, 0.25) is 0 Å². The zero-order valence-corrected chi connectivity index (χ0v) is 12.6. The highest BCUT2D eigenvalue weighted by atomic mass is 16.3. The summed E-state index contributed by atoms with van der Waals surface area (Å²) in [6.45, 7) is 0.944. The second kappa shape index (κ2) is 5.46. The molecule has 0 atom stereocenters. The van der Waals surface area contributed by atoms with Crippen LogP contribution in [0.3, 0.4) is 0 Å². The molecule has 0 aliphatic heterocycles. The van der Waals surface area contributed by atoms with Crippen LogP contribution in [0.1, 0.15) is 5.56 Å². The Kier molecular flexibility index (Phi) is 3.29. The Morgan fingerprint density at radius 1 is 0.957 bits per heavy atom. The minimum Gasteiger partial charge on any atom is -0.455 e. The fraction of sp³-hybridized carbons (Fsp3) is 0.111. The van der Waals surface area contributed by atoms with E-state index >= 15 is 0 Å². The van der Waals surface area contributed by atoms with E-state index in [2.05, 4.69) is 22.4 Å². The van der Waals surface area contributed by atoms with Crippen LogP contribution in [0.15, 0.2) is 52.9 Å². The average Bonchev–Trinajstić information content (AvgIpc) is 3.17. The lowest BCUT2D eigenvalue weighted by Crippen LogP contribution is -2.10. The van der Waals surface area contributed by atoms with Gasteiger partial charge in [0.2, 0.25) is 0 Å². The Hall–Kier alpha value is -2.76. The molecule has 0 aliphatic carbocycles. The van der Waals surface area contributed by atoms with E-state index < -0.39 is 0 Å². The van der Waals surface area contributed by atoms with E-state index in [9.17, 15) is 0 Å². The van der Waals surface area contributed by atoms with E-state index in [1.54, 1.807) is 0 Å². The number of furan rings is 1. The fourth-order valence-electron chi connectivity index (χ4n) is 2.85. The second-order valence-electron chi connectivity index (χ2n) is 5.55. The number of hydrogen-bond donors (Lipinski definition) is 4. The molecule has 5 heteroatoms. The third-order valence-electron chi connectivity index (χ3n) is 4.01. The van der Waals surface area contributed by atoms with Gasteiger partial charge in [-0.1, -0.05) is 6.07 Å². The van der Waals surface area contributed by atoms with Crippen molar-refractivity contribution in [3.8, 4) is 11.5 Å². The molecule has 0 saturated heterocycles. The first-order chi connectivity index (χ1) is 11.3. The molecule has 0 amide bonds. The Balaban J connectivity index is 1.78. The van der Waals surface area contributed by atoms with Gasteiger partial charge in [-0.2, -0.15) is 0 Å². The first-order valence-electron chi connectivity index (χ1n) is 7.56. The number of fused-ring (bicyclic) bond motifs is 2. The number of aromatic amines is 1. The zero-order chi connectivity index (χ0) is 15.8. The normalized spacial score (nSPS) is 11.4. The number of aromatic nitrogens is 1. The summed E-state index contributed by atoms with van der Waals surface area (Å²) in [6.07, 6.45) is 0. The van der Waals surface area contributed by atoms with Gasteiger partial charge in [-0.3, -0.25) is 0 Å². The first-order valence-corrected chi connectivity index (χ1v) is 7.56. The summed E-state index contributed by atoms with van der Waals surface area (Å²) in [4.78, 5) is 3.39. The van der Waals surface area contributed by atoms with E-state index in [1.165, 1.54) is 0 Å². The number of benzene rings is 2. The second-order valence-corrected chi connectivity index (χ2v) is 5.55. The molecule has 6 N–H and O–H groups in total. The first kappa shape index (κ1) is 13.9. The number of anilines is 1. The number of nitrogens with two attached hydrogens (primary N) is 2.